The van der Waals surface area contributed by atoms with Crippen molar-refractivity contribution in [3.63, 3.8) is 0 Å². The second-order valence-electron chi connectivity index (χ2n) is 4.41. The molecule has 1 heterocycles. The average molecular weight is 318 g/mol. The Kier molecular flexibility index (Phi) is 5.63. The lowest BCUT2D eigenvalue weighted by atomic mass is 10.1. The van der Waals surface area contributed by atoms with Crippen LogP contribution in [0, 0.1) is 0 Å². The molecule has 0 atom stereocenters. The number of sulfonamides is 1. The Bertz CT molecular complexity index is 430. The topological polar surface area (TPSA) is 75.7 Å². The van der Waals surface area contributed by atoms with Gasteiger partial charge in [-0.3, -0.25) is 0 Å². The van der Waals surface area contributed by atoms with Gasteiger partial charge in [-0.15, -0.1) is 0 Å². The summed E-state index contributed by atoms with van der Waals surface area (Å²) in [4.78, 5) is 11.1. The molecule has 6 nitrogen and oxygen atoms in total. The molecule has 10 heteroatoms. The summed E-state index contributed by atoms with van der Waals surface area (Å²) >= 11 is 0. The highest BCUT2D eigenvalue weighted by Gasteiger charge is 2.31. The summed E-state index contributed by atoms with van der Waals surface area (Å²) in [6.07, 6.45) is -5.00. The predicted octanol–water partition coefficient (Wildman–Crippen LogP) is 1.09. The number of alkyl carbamates (subject to hydrolysis) is 1. The lowest BCUT2D eigenvalue weighted by Crippen LogP contribution is -2.47. The smallest absolute Gasteiger partial charge is 0.422 e. The van der Waals surface area contributed by atoms with Gasteiger partial charge in [-0.05, 0) is 19.8 Å². The molecule has 0 aliphatic carbocycles. The monoisotopic (exact) mass is 318 g/mol. The Hall–Kier alpha value is -1.03. The molecule has 0 aromatic carbocycles. The van der Waals surface area contributed by atoms with Crippen LogP contribution < -0.4 is 5.32 Å². The highest BCUT2D eigenvalue weighted by Crippen LogP contribution is 2.16. The molecule has 20 heavy (non-hydrogen) atoms. The molecular formula is C10H17F3N2O4S. The van der Waals surface area contributed by atoms with Crippen LogP contribution in [-0.4, -0.2) is 56.5 Å². The Morgan fingerprint density at radius 2 is 1.90 bits per heavy atom. The van der Waals surface area contributed by atoms with Gasteiger partial charge in [0.1, 0.15) is 0 Å². The number of hydrogen-bond acceptors (Lipinski definition) is 4. The Balaban J connectivity index is 2.34. The van der Waals surface area contributed by atoms with E-state index in [1.54, 1.807) is 0 Å². The van der Waals surface area contributed by atoms with E-state index in [0.717, 1.165) is 0 Å². The molecular weight excluding hydrogens is 301 g/mol. The van der Waals surface area contributed by atoms with Gasteiger partial charge < -0.3 is 10.1 Å². The van der Waals surface area contributed by atoms with Crippen molar-refractivity contribution in [2.75, 3.05) is 25.4 Å². The first-order valence-corrected chi connectivity index (χ1v) is 7.73. The van der Waals surface area contributed by atoms with Crippen molar-refractivity contribution < 1.29 is 31.1 Å². The third-order valence-corrected chi connectivity index (χ3v) is 4.78. The fourth-order valence-electron chi connectivity index (χ4n) is 1.82. The first-order chi connectivity index (χ1) is 9.14. The van der Waals surface area contributed by atoms with Crippen LogP contribution in [0.25, 0.3) is 0 Å². The third-order valence-electron chi connectivity index (χ3n) is 2.90. The molecule has 0 radical (unpaired) electrons. The van der Waals surface area contributed by atoms with E-state index < -0.39 is 28.9 Å². The highest BCUT2D eigenvalue weighted by atomic mass is 32.2. The van der Waals surface area contributed by atoms with Crippen LogP contribution in [0.2, 0.25) is 0 Å². The lowest BCUT2D eigenvalue weighted by Gasteiger charge is -2.31. The number of rotatable bonds is 4. The van der Waals surface area contributed by atoms with Crippen LogP contribution in [0.1, 0.15) is 19.8 Å². The molecule has 0 spiro atoms. The van der Waals surface area contributed by atoms with E-state index in [1.807, 2.05) is 0 Å². The largest absolute Gasteiger partial charge is 0.440 e. The van der Waals surface area contributed by atoms with E-state index in [1.165, 1.54) is 11.2 Å². The van der Waals surface area contributed by atoms with Crippen LogP contribution in [0.4, 0.5) is 18.0 Å². The summed E-state index contributed by atoms with van der Waals surface area (Å²) in [6, 6.07) is -0.376. The maximum atomic E-state index is 11.8. The molecule has 1 saturated heterocycles. The number of nitrogens with zero attached hydrogens (tertiary/aromatic N) is 1. The van der Waals surface area contributed by atoms with Crippen LogP contribution in [0.5, 0.6) is 0 Å². The summed E-state index contributed by atoms with van der Waals surface area (Å²) < 4.78 is 64.0. The standard InChI is InChI=1S/C10H17F3N2O4S/c1-2-20(17,18)15-5-3-8(4-6-15)14-9(16)19-7-10(11,12)13/h8H,2-7H2,1H3,(H,14,16). The van der Waals surface area contributed by atoms with E-state index in [-0.39, 0.29) is 24.9 Å². The molecule has 0 aromatic rings. The van der Waals surface area contributed by atoms with Gasteiger partial charge in [-0.25, -0.2) is 17.5 Å². The van der Waals surface area contributed by atoms with Crippen LogP contribution in [0.3, 0.4) is 0 Å². The Labute approximate surface area is 115 Å². The van der Waals surface area contributed by atoms with Gasteiger partial charge in [0.25, 0.3) is 0 Å². The summed E-state index contributed by atoms with van der Waals surface area (Å²) in [5.74, 6) is -0.00127. The molecule has 0 unspecified atom stereocenters. The zero-order chi connectivity index (χ0) is 15.4. The van der Waals surface area contributed by atoms with Gasteiger partial charge >= 0.3 is 12.3 Å². The molecule has 0 aromatic heterocycles. The number of alkyl halides is 3. The predicted molar refractivity (Wildman–Crippen MR) is 64.6 cm³/mol. The minimum absolute atomic E-state index is 0.00127. The molecule has 1 N–H and O–H groups in total. The fraction of sp³-hybridized carbons (Fsp3) is 0.900. The molecule has 1 fully saturated rings. The zero-order valence-corrected chi connectivity index (χ0v) is 11.8. The first kappa shape index (κ1) is 17.0. The molecule has 118 valence electrons. The number of nitrogens with one attached hydrogen (secondary N) is 1. The molecule has 1 amide bonds. The number of carbonyl (C=O) groups is 1. The minimum Gasteiger partial charge on any atom is -0.440 e. The van der Waals surface area contributed by atoms with Gasteiger partial charge in [-0.2, -0.15) is 13.2 Å². The Morgan fingerprint density at radius 3 is 2.35 bits per heavy atom. The molecule has 0 saturated carbocycles. The lowest BCUT2D eigenvalue weighted by molar-refractivity contribution is -0.160. The SMILES string of the molecule is CCS(=O)(=O)N1CCC(NC(=O)OCC(F)(F)F)CC1. The van der Waals surface area contributed by atoms with Crippen molar-refractivity contribution in [1.82, 2.24) is 9.62 Å². The maximum Gasteiger partial charge on any atom is 0.422 e. The van der Waals surface area contributed by atoms with E-state index in [4.69, 9.17) is 0 Å². The molecule has 1 aliphatic heterocycles. The van der Waals surface area contributed by atoms with E-state index in [9.17, 15) is 26.4 Å². The van der Waals surface area contributed by atoms with Gasteiger partial charge in [0.15, 0.2) is 6.61 Å². The molecule has 0 bridgehead atoms. The quantitative estimate of drug-likeness (QED) is 0.842. The Morgan fingerprint density at radius 1 is 1.35 bits per heavy atom. The van der Waals surface area contributed by atoms with Crippen molar-refractivity contribution >= 4 is 16.1 Å². The molecule has 1 aliphatic rings. The first-order valence-electron chi connectivity index (χ1n) is 6.12. The fourth-order valence-corrected chi connectivity index (χ4v) is 2.95. The zero-order valence-electron chi connectivity index (χ0n) is 10.9. The second-order valence-corrected chi connectivity index (χ2v) is 6.67. The summed E-state index contributed by atoms with van der Waals surface area (Å²) in [7, 11) is -3.26. The maximum absolute atomic E-state index is 11.8. The van der Waals surface area contributed by atoms with E-state index >= 15 is 0 Å². The van der Waals surface area contributed by atoms with Crippen molar-refractivity contribution in [2.45, 2.75) is 32.0 Å². The van der Waals surface area contributed by atoms with Crippen LogP contribution >= 0.6 is 0 Å². The number of piperidine rings is 1. The third kappa shape index (κ3) is 5.53. The van der Waals surface area contributed by atoms with Crippen LogP contribution in [0.15, 0.2) is 0 Å². The molecule has 1 rings (SSSR count). The van der Waals surface area contributed by atoms with Gasteiger partial charge in [-0.1, -0.05) is 0 Å². The minimum atomic E-state index is -4.56. The number of halogens is 3. The number of ether oxygens (including phenoxy) is 1. The summed E-state index contributed by atoms with van der Waals surface area (Å²) in [6.45, 7) is 0.372. The van der Waals surface area contributed by atoms with Gasteiger partial charge in [0.05, 0.1) is 5.75 Å². The normalized spacial score (nSPS) is 18.8. The number of hydrogen-bond donors (Lipinski definition) is 1. The van der Waals surface area contributed by atoms with Crippen molar-refractivity contribution in [3.05, 3.63) is 0 Å². The van der Waals surface area contributed by atoms with Crippen molar-refractivity contribution in [2.24, 2.45) is 0 Å². The highest BCUT2D eigenvalue weighted by molar-refractivity contribution is 7.89. The summed E-state index contributed by atoms with van der Waals surface area (Å²) in [5, 5.41) is 2.30. The van der Waals surface area contributed by atoms with E-state index in [2.05, 4.69) is 10.1 Å². The van der Waals surface area contributed by atoms with Crippen molar-refractivity contribution in [1.29, 1.82) is 0 Å². The van der Waals surface area contributed by atoms with Gasteiger partial charge in [0.2, 0.25) is 10.0 Å². The van der Waals surface area contributed by atoms with E-state index in [0.29, 0.717) is 12.8 Å². The summed E-state index contributed by atoms with van der Waals surface area (Å²) in [5.41, 5.74) is 0. The number of carbonyl (C=O) groups excluding carboxylic acids is 1. The van der Waals surface area contributed by atoms with Gasteiger partial charge in [0, 0.05) is 19.1 Å². The second kappa shape index (κ2) is 6.61. The van der Waals surface area contributed by atoms with Crippen molar-refractivity contribution in [3.8, 4) is 0 Å². The number of amides is 1. The average Bonchev–Trinajstić information content (AvgIpc) is 2.36. The van der Waals surface area contributed by atoms with Crippen LogP contribution in [-0.2, 0) is 14.8 Å².